The second-order valence-electron chi connectivity index (χ2n) is 18.1. The highest BCUT2D eigenvalue weighted by Gasteiger charge is 2.45. The molecule has 61 heavy (non-hydrogen) atoms. The molecule has 12 rings (SSSR count). The van der Waals surface area contributed by atoms with Gasteiger partial charge in [-0.25, -0.2) is 15.0 Å². The largest absolute Gasteiger partial charge is 0.455 e. The molecule has 2 aliphatic carbocycles. The highest BCUT2D eigenvalue weighted by Crippen LogP contribution is 2.54. The van der Waals surface area contributed by atoms with Crippen LogP contribution in [0.2, 0.25) is 0 Å². The predicted molar refractivity (Wildman–Crippen MR) is 250 cm³/mol. The minimum absolute atomic E-state index is 0.251. The number of benzene rings is 7. The Morgan fingerprint density at radius 3 is 1.89 bits per heavy atom. The van der Waals surface area contributed by atoms with Gasteiger partial charge in [0.15, 0.2) is 17.5 Å². The molecule has 296 valence electrons. The average molecular weight is 791 g/mol. The van der Waals surface area contributed by atoms with E-state index < -0.39 is 0 Å². The lowest BCUT2D eigenvalue weighted by molar-refractivity contribution is 0.0780. The van der Waals surface area contributed by atoms with Crippen LogP contribution in [0.4, 0.5) is 0 Å². The maximum absolute atomic E-state index is 6.56. The number of furan rings is 1. The molecule has 5 heteroatoms. The molecule has 2 saturated carbocycles. The molecule has 7 aromatic carbocycles. The molecule has 2 fully saturated rings. The number of fused-ring (bicyclic) bond motifs is 8. The molecule has 2 aliphatic rings. The monoisotopic (exact) mass is 790 g/mol. The van der Waals surface area contributed by atoms with Gasteiger partial charge in [-0.05, 0) is 108 Å². The lowest BCUT2D eigenvalue weighted by Crippen LogP contribution is -2.42. The van der Waals surface area contributed by atoms with E-state index in [2.05, 4.69) is 170 Å². The van der Waals surface area contributed by atoms with Crippen LogP contribution in [0.1, 0.15) is 51.5 Å². The molecule has 0 spiro atoms. The van der Waals surface area contributed by atoms with Gasteiger partial charge in [-0.3, -0.25) is 0 Å². The molecule has 10 aromatic rings. The summed E-state index contributed by atoms with van der Waals surface area (Å²) >= 11 is 0. The third kappa shape index (κ3) is 6.09. The molecule has 0 radical (unpaired) electrons. The van der Waals surface area contributed by atoms with Crippen LogP contribution in [0.3, 0.4) is 0 Å². The van der Waals surface area contributed by atoms with Crippen molar-refractivity contribution in [1.29, 1.82) is 0 Å². The van der Waals surface area contributed by atoms with Gasteiger partial charge in [0.25, 0.3) is 0 Å². The van der Waals surface area contributed by atoms with Crippen LogP contribution in [0.15, 0.2) is 168 Å². The van der Waals surface area contributed by atoms with E-state index in [0.717, 1.165) is 73.1 Å². The molecule has 0 amide bonds. The topological polar surface area (TPSA) is 56.7 Å². The molecule has 0 saturated heterocycles. The van der Waals surface area contributed by atoms with Gasteiger partial charge in [0.2, 0.25) is 0 Å². The molecule has 2 atom stereocenters. The van der Waals surface area contributed by atoms with E-state index in [4.69, 9.17) is 19.4 Å². The second kappa shape index (κ2) is 14.1. The standard InChI is InChI=1S/C56H46N4O/c1-35-29-37-30-36(2)33-56(32-35,34-37)42-24-19-40(20-25-42)53-57-54(59-55(58-53)48-16-10-15-47-46-14-7-9-18-51(46)61-52(47)48)41-23-28-45-44-13-6-8-17-49(44)60(50(45)31-41)43-26-21-39(22-27-43)38-11-4-3-5-12-38/h3-28,31,35-37H,29-30,32-34H2,1-2H3. The van der Waals surface area contributed by atoms with Crippen LogP contribution in [0.5, 0.6) is 0 Å². The Morgan fingerprint density at radius 2 is 1.10 bits per heavy atom. The number of rotatable bonds is 6. The number of hydrogen-bond donors (Lipinski definition) is 0. The van der Waals surface area contributed by atoms with Crippen molar-refractivity contribution in [2.45, 2.75) is 51.4 Å². The van der Waals surface area contributed by atoms with Crippen LogP contribution < -0.4 is 0 Å². The van der Waals surface area contributed by atoms with Crippen LogP contribution in [0.25, 0.3) is 94.7 Å². The predicted octanol–water partition coefficient (Wildman–Crippen LogP) is 14.6. The summed E-state index contributed by atoms with van der Waals surface area (Å²) in [6, 6.07) is 58.4. The van der Waals surface area contributed by atoms with E-state index in [1.807, 2.05) is 12.1 Å². The quantitative estimate of drug-likeness (QED) is 0.168. The van der Waals surface area contributed by atoms with E-state index in [9.17, 15) is 0 Å². The lowest BCUT2D eigenvalue weighted by atomic mass is 9.54. The van der Waals surface area contributed by atoms with Gasteiger partial charge < -0.3 is 8.98 Å². The lowest BCUT2D eigenvalue weighted by Gasteiger charge is -2.50. The van der Waals surface area contributed by atoms with Crippen LogP contribution in [-0.4, -0.2) is 19.5 Å². The highest BCUT2D eigenvalue weighted by atomic mass is 16.3. The van der Waals surface area contributed by atoms with Crippen molar-refractivity contribution in [3.63, 3.8) is 0 Å². The summed E-state index contributed by atoms with van der Waals surface area (Å²) in [7, 11) is 0. The van der Waals surface area contributed by atoms with Gasteiger partial charge in [-0.2, -0.15) is 0 Å². The van der Waals surface area contributed by atoms with Crippen LogP contribution >= 0.6 is 0 Å². The fourth-order valence-corrected chi connectivity index (χ4v) is 11.5. The Hall–Kier alpha value is -6.85. The first kappa shape index (κ1) is 36.0. The Morgan fingerprint density at radius 1 is 0.492 bits per heavy atom. The molecule has 3 heterocycles. The summed E-state index contributed by atoms with van der Waals surface area (Å²) in [4.78, 5) is 15.8. The SMILES string of the molecule is CC1CC2CC(C)CC(c3ccc(-c4nc(-c5ccc6c7ccccc7n(-c7ccc(-c8ccccc8)cc7)c6c5)nc(-c5cccc6c5oc5ccccc56)n4)cc3)(C1)C2. The first-order chi connectivity index (χ1) is 30.0. The van der Waals surface area contributed by atoms with Crippen molar-refractivity contribution in [3.05, 3.63) is 169 Å². The highest BCUT2D eigenvalue weighted by molar-refractivity contribution is 6.11. The van der Waals surface area contributed by atoms with Crippen LogP contribution in [0, 0.1) is 17.8 Å². The van der Waals surface area contributed by atoms with E-state index >= 15 is 0 Å². The van der Waals surface area contributed by atoms with Gasteiger partial charge in [-0.15, -0.1) is 0 Å². The molecular formula is C56H46N4O. The molecule has 5 nitrogen and oxygen atoms in total. The average Bonchev–Trinajstić information content (AvgIpc) is 3.84. The molecule has 0 N–H and O–H groups in total. The number of nitrogens with zero attached hydrogens (tertiary/aromatic N) is 4. The van der Waals surface area contributed by atoms with Crippen LogP contribution in [-0.2, 0) is 5.41 Å². The van der Waals surface area contributed by atoms with Crippen molar-refractivity contribution in [1.82, 2.24) is 19.5 Å². The Bertz CT molecular complexity index is 3250. The van der Waals surface area contributed by atoms with E-state index in [1.54, 1.807) is 0 Å². The summed E-state index contributed by atoms with van der Waals surface area (Å²) in [5, 5.41) is 4.51. The zero-order valence-corrected chi connectivity index (χ0v) is 34.6. The maximum Gasteiger partial charge on any atom is 0.167 e. The first-order valence-electron chi connectivity index (χ1n) is 21.9. The third-order valence-corrected chi connectivity index (χ3v) is 13.8. The summed E-state index contributed by atoms with van der Waals surface area (Å²) < 4.78 is 8.92. The van der Waals surface area contributed by atoms with E-state index in [-0.39, 0.29) is 5.41 Å². The first-order valence-corrected chi connectivity index (χ1v) is 21.9. The fourth-order valence-electron chi connectivity index (χ4n) is 11.5. The van der Waals surface area contributed by atoms with Gasteiger partial charge in [0, 0.05) is 38.4 Å². The van der Waals surface area contributed by atoms with Crippen molar-refractivity contribution < 1.29 is 4.42 Å². The van der Waals surface area contributed by atoms with E-state index in [0.29, 0.717) is 17.5 Å². The molecule has 0 aliphatic heterocycles. The minimum atomic E-state index is 0.251. The molecule has 2 bridgehead atoms. The number of aromatic nitrogens is 4. The Balaban J connectivity index is 1.02. The van der Waals surface area contributed by atoms with Crippen molar-refractivity contribution >= 4 is 43.7 Å². The van der Waals surface area contributed by atoms with Gasteiger partial charge >= 0.3 is 0 Å². The molecular weight excluding hydrogens is 745 g/mol. The number of hydrogen-bond acceptors (Lipinski definition) is 4. The van der Waals surface area contributed by atoms with Gasteiger partial charge in [-0.1, -0.05) is 141 Å². The Kier molecular flexibility index (Phi) is 8.35. The van der Waals surface area contributed by atoms with E-state index in [1.165, 1.54) is 59.6 Å². The van der Waals surface area contributed by atoms with Crippen molar-refractivity contribution in [2.24, 2.45) is 17.8 Å². The zero-order valence-electron chi connectivity index (χ0n) is 34.6. The summed E-state index contributed by atoms with van der Waals surface area (Å²) in [5.41, 5.74) is 11.8. The second-order valence-corrected chi connectivity index (χ2v) is 18.1. The van der Waals surface area contributed by atoms with Crippen molar-refractivity contribution in [3.8, 4) is 51.0 Å². The van der Waals surface area contributed by atoms with Crippen molar-refractivity contribution in [2.75, 3.05) is 0 Å². The normalized spacial score (nSPS) is 20.2. The molecule has 2 unspecified atom stereocenters. The third-order valence-electron chi connectivity index (χ3n) is 13.8. The maximum atomic E-state index is 6.56. The summed E-state index contributed by atoms with van der Waals surface area (Å²) in [5.74, 6) is 4.21. The Labute approximate surface area is 355 Å². The zero-order chi connectivity index (χ0) is 40.7. The van der Waals surface area contributed by atoms with Gasteiger partial charge in [0.1, 0.15) is 11.2 Å². The minimum Gasteiger partial charge on any atom is -0.455 e. The number of para-hydroxylation sites is 3. The smallest absolute Gasteiger partial charge is 0.167 e. The summed E-state index contributed by atoms with van der Waals surface area (Å²) in [6.45, 7) is 4.92. The molecule has 3 aromatic heterocycles. The summed E-state index contributed by atoms with van der Waals surface area (Å²) in [6.07, 6.45) is 6.58. The van der Waals surface area contributed by atoms with Gasteiger partial charge in [0.05, 0.1) is 16.6 Å². The fraction of sp³-hybridized carbons (Fsp3) is 0.196.